The lowest BCUT2D eigenvalue weighted by atomic mass is 10.0. The van der Waals surface area contributed by atoms with Gasteiger partial charge in [0, 0.05) is 17.6 Å². The van der Waals surface area contributed by atoms with E-state index in [9.17, 15) is 0 Å². The molecule has 0 amide bonds. The normalized spacial score (nSPS) is 12.5. The number of hydrazine groups is 1. The van der Waals surface area contributed by atoms with E-state index in [1.165, 1.54) is 0 Å². The van der Waals surface area contributed by atoms with Crippen LogP contribution in [-0.2, 0) is 7.05 Å². The maximum absolute atomic E-state index is 6.15. The molecule has 19 heavy (non-hydrogen) atoms. The van der Waals surface area contributed by atoms with Crippen LogP contribution < -0.4 is 16.0 Å². The average molecular weight is 301 g/mol. The third kappa shape index (κ3) is 2.69. The Kier molecular flexibility index (Phi) is 4.31. The van der Waals surface area contributed by atoms with Crippen molar-refractivity contribution in [3.8, 4) is 5.75 Å². The van der Waals surface area contributed by atoms with E-state index in [4.69, 9.17) is 33.8 Å². The first-order chi connectivity index (χ1) is 9.08. The molecule has 0 saturated carbocycles. The molecule has 102 valence electrons. The highest BCUT2D eigenvalue weighted by Gasteiger charge is 2.23. The second kappa shape index (κ2) is 5.79. The van der Waals surface area contributed by atoms with Crippen LogP contribution in [0.15, 0.2) is 24.4 Å². The summed E-state index contributed by atoms with van der Waals surface area (Å²) in [6.45, 7) is 0. The lowest BCUT2D eigenvalue weighted by Gasteiger charge is -2.20. The molecule has 0 aliphatic heterocycles. The average Bonchev–Trinajstić information content (AvgIpc) is 2.73. The molecule has 0 radical (unpaired) electrons. The summed E-state index contributed by atoms with van der Waals surface area (Å²) in [5.74, 6) is 6.29. The van der Waals surface area contributed by atoms with E-state index in [-0.39, 0.29) is 6.04 Å². The molecule has 0 saturated heterocycles. The van der Waals surface area contributed by atoms with Crippen LogP contribution in [0.1, 0.15) is 17.3 Å². The summed E-state index contributed by atoms with van der Waals surface area (Å²) >= 11 is 12.1. The van der Waals surface area contributed by atoms with Crippen molar-refractivity contribution < 1.29 is 4.74 Å². The van der Waals surface area contributed by atoms with Crippen LogP contribution in [0.5, 0.6) is 5.75 Å². The number of nitrogens with one attached hydrogen (secondary N) is 1. The van der Waals surface area contributed by atoms with E-state index in [2.05, 4.69) is 10.5 Å². The highest BCUT2D eigenvalue weighted by Crippen LogP contribution is 2.34. The topological polar surface area (TPSA) is 65.1 Å². The summed E-state index contributed by atoms with van der Waals surface area (Å²) in [6, 6.07) is 5.00. The molecule has 0 bridgehead atoms. The Morgan fingerprint density at radius 3 is 2.68 bits per heavy atom. The molecule has 1 aromatic heterocycles. The molecule has 1 heterocycles. The molecule has 1 unspecified atom stereocenters. The van der Waals surface area contributed by atoms with Gasteiger partial charge >= 0.3 is 0 Å². The first-order valence-electron chi connectivity index (χ1n) is 5.55. The van der Waals surface area contributed by atoms with Crippen LogP contribution in [0.4, 0.5) is 0 Å². The molecule has 0 aliphatic carbocycles. The Hall–Kier alpha value is -1.27. The van der Waals surface area contributed by atoms with Gasteiger partial charge in [-0.3, -0.25) is 10.5 Å². The molecule has 1 aromatic carbocycles. The van der Waals surface area contributed by atoms with Crippen molar-refractivity contribution in [2.45, 2.75) is 6.04 Å². The number of aryl methyl sites for hydroxylation is 1. The molecule has 3 N–H and O–H groups in total. The van der Waals surface area contributed by atoms with Gasteiger partial charge in [0.1, 0.15) is 5.75 Å². The number of hydrogen-bond donors (Lipinski definition) is 2. The zero-order chi connectivity index (χ0) is 14.0. The van der Waals surface area contributed by atoms with Crippen molar-refractivity contribution in [2.75, 3.05) is 7.11 Å². The number of nitrogens with zero attached hydrogens (tertiary/aromatic N) is 2. The van der Waals surface area contributed by atoms with Gasteiger partial charge < -0.3 is 4.74 Å². The molecule has 7 heteroatoms. The Morgan fingerprint density at radius 1 is 1.42 bits per heavy atom. The SMILES string of the molecule is COc1cc(Cl)ccc1C(NN)c1c(Cl)cnn1C. The van der Waals surface area contributed by atoms with Crippen LogP contribution in [0, 0.1) is 0 Å². The highest BCUT2D eigenvalue weighted by molar-refractivity contribution is 6.31. The van der Waals surface area contributed by atoms with Crippen LogP contribution in [-0.4, -0.2) is 16.9 Å². The van der Waals surface area contributed by atoms with E-state index in [0.717, 1.165) is 11.3 Å². The summed E-state index contributed by atoms with van der Waals surface area (Å²) in [7, 11) is 3.38. The molecule has 0 fully saturated rings. The number of nitrogens with two attached hydrogens (primary N) is 1. The van der Waals surface area contributed by atoms with Crippen molar-refractivity contribution in [2.24, 2.45) is 12.9 Å². The summed E-state index contributed by atoms with van der Waals surface area (Å²) in [5.41, 5.74) is 4.32. The molecular weight excluding hydrogens is 287 g/mol. The number of rotatable bonds is 4. The number of hydrogen-bond acceptors (Lipinski definition) is 4. The Bertz CT molecular complexity index is 566. The molecule has 5 nitrogen and oxygen atoms in total. The second-order valence-corrected chi connectivity index (χ2v) is 4.83. The van der Waals surface area contributed by atoms with Crippen molar-refractivity contribution in [1.29, 1.82) is 0 Å². The fourth-order valence-electron chi connectivity index (χ4n) is 1.98. The number of methoxy groups -OCH3 is 1. The highest BCUT2D eigenvalue weighted by atomic mass is 35.5. The number of benzene rings is 1. The quantitative estimate of drug-likeness (QED) is 0.672. The van der Waals surface area contributed by atoms with Crippen molar-refractivity contribution in [1.82, 2.24) is 15.2 Å². The van der Waals surface area contributed by atoms with Gasteiger partial charge in [-0.1, -0.05) is 29.3 Å². The molecule has 2 aromatic rings. The summed E-state index contributed by atoms with van der Waals surface area (Å²) < 4.78 is 7.00. The molecular formula is C12H14Cl2N4O. The minimum absolute atomic E-state index is 0.341. The lowest BCUT2D eigenvalue weighted by molar-refractivity contribution is 0.402. The maximum Gasteiger partial charge on any atom is 0.125 e. The Morgan fingerprint density at radius 2 is 2.16 bits per heavy atom. The molecule has 1 atom stereocenters. The zero-order valence-electron chi connectivity index (χ0n) is 10.5. The van der Waals surface area contributed by atoms with Crippen molar-refractivity contribution in [3.63, 3.8) is 0 Å². The number of aromatic nitrogens is 2. The summed E-state index contributed by atoms with van der Waals surface area (Å²) in [6.07, 6.45) is 1.57. The van der Waals surface area contributed by atoms with Gasteiger partial charge in [-0.05, 0) is 12.1 Å². The standard InChI is InChI=1S/C12H14Cl2N4O/c1-18-12(9(14)6-16-18)11(17-15)8-4-3-7(13)5-10(8)19-2/h3-6,11,17H,15H2,1-2H3. The maximum atomic E-state index is 6.15. The minimum Gasteiger partial charge on any atom is -0.496 e. The largest absolute Gasteiger partial charge is 0.496 e. The molecule has 0 aliphatic rings. The van der Waals surface area contributed by atoms with Crippen LogP contribution in [0.3, 0.4) is 0 Å². The van der Waals surface area contributed by atoms with Crippen molar-refractivity contribution >= 4 is 23.2 Å². The van der Waals surface area contributed by atoms with E-state index >= 15 is 0 Å². The second-order valence-electron chi connectivity index (χ2n) is 3.99. The van der Waals surface area contributed by atoms with Gasteiger partial charge in [-0.15, -0.1) is 0 Å². The van der Waals surface area contributed by atoms with Gasteiger partial charge in [0.25, 0.3) is 0 Å². The van der Waals surface area contributed by atoms with Gasteiger partial charge in [0.2, 0.25) is 0 Å². The minimum atomic E-state index is -0.341. The molecule has 0 spiro atoms. The fourth-order valence-corrected chi connectivity index (χ4v) is 2.42. The Labute approximate surface area is 121 Å². The zero-order valence-corrected chi connectivity index (χ0v) is 12.0. The Balaban J connectivity index is 2.54. The monoisotopic (exact) mass is 300 g/mol. The summed E-state index contributed by atoms with van der Waals surface area (Å²) in [4.78, 5) is 0. The van der Waals surface area contributed by atoms with E-state index in [0.29, 0.717) is 15.8 Å². The third-order valence-corrected chi connectivity index (χ3v) is 3.41. The summed E-state index contributed by atoms with van der Waals surface area (Å²) in [5, 5.41) is 5.23. The van der Waals surface area contributed by atoms with Gasteiger partial charge in [0.15, 0.2) is 0 Å². The smallest absolute Gasteiger partial charge is 0.125 e. The van der Waals surface area contributed by atoms with Gasteiger partial charge in [-0.25, -0.2) is 5.43 Å². The lowest BCUT2D eigenvalue weighted by Crippen LogP contribution is -2.31. The molecule has 2 rings (SSSR count). The first kappa shape index (κ1) is 14.1. The number of ether oxygens (including phenoxy) is 1. The van der Waals surface area contributed by atoms with E-state index in [1.807, 2.05) is 6.07 Å². The van der Waals surface area contributed by atoms with E-state index < -0.39 is 0 Å². The number of halogens is 2. The van der Waals surface area contributed by atoms with Crippen LogP contribution >= 0.6 is 23.2 Å². The van der Waals surface area contributed by atoms with E-state index in [1.54, 1.807) is 37.2 Å². The van der Waals surface area contributed by atoms with Gasteiger partial charge in [0.05, 0.1) is 30.1 Å². The first-order valence-corrected chi connectivity index (χ1v) is 6.31. The predicted octanol–water partition coefficient (Wildman–Crippen LogP) is 2.29. The van der Waals surface area contributed by atoms with Gasteiger partial charge in [-0.2, -0.15) is 5.10 Å². The third-order valence-electron chi connectivity index (χ3n) is 2.88. The predicted molar refractivity (Wildman–Crippen MR) is 75.4 cm³/mol. The van der Waals surface area contributed by atoms with Crippen LogP contribution in [0.25, 0.3) is 0 Å². The van der Waals surface area contributed by atoms with Crippen molar-refractivity contribution in [3.05, 3.63) is 45.7 Å². The van der Waals surface area contributed by atoms with Crippen LogP contribution in [0.2, 0.25) is 10.0 Å². The fraction of sp³-hybridized carbons (Fsp3) is 0.250.